The van der Waals surface area contributed by atoms with E-state index in [1.54, 1.807) is 0 Å². The Hall–Kier alpha value is -7.94. The van der Waals surface area contributed by atoms with Crippen molar-refractivity contribution in [1.29, 1.82) is 0 Å². The zero-order chi connectivity index (χ0) is 39.6. The quantitative estimate of drug-likeness (QED) is 0.157. The Bertz CT molecular complexity index is 3600. The van der Waals surface area contributed by atoms with Crippen LogP contribution in [0.2, 0.25) is 0 Å². The maximum atomic E-state index is 6.80. The van der Waals surface area contributed by atoms with E-state index >= 15 is 0 Å². The minimum absolute atomic E-state index is 0.889. The molecule has 2 heteroatoms. The lowest BCUT2D eigenvalue weighted by atomic mass is 9.93. The zero-order valence-electron chi connectivity index (χ0n) is 32.7. The van der Waals surface area contributed by atoms with Crippen molar-refractivity contribution in [3.05, 3.63) is 224 Å². The van der Waals surface area contributed by atoms with E-state index in [1.807, 2.05) is 0 Å². The largest absolute Gasteiger partial charge is 0.455 e. The molecule has 0 aliphatic carbocycles. The Morgan fingerprint density at radius 3 is 1.60 bits per heavy atom. The van der Waals surface area contributed by atoms with Gasteiger partial charge in [0.2, 0.25) is 0 Å². The molecule has 0 aliphatic heterocycles. The third kappa shape index (κ3) is 5.65. The normalized spacial score (nSPS) is 11.7. The smallest absolute Gasteiger partial charge is 0.143 e. The third-order valence-corrected chi connectivity index (χ3v) is 12.2. The van der Waals surface area contributed by atoms with Crippen LogP contribution in [0.5, 0.6) is 0 Å². The minimum atomic E-state index is 0.889. The predicted molar refractivity (Wildman–Crippen MR) is 255 cm³/mol. The molecule has 0 spiro atoms. The molecular formula is C58H37NO. The second-order valence-electron chi connectivity index (χ2n) is 15.7. The van der Waals surface area contributed by atoms with Crippen LogP contribution in [-0.4, -0.2) is 0 Å². The predicted octanol–water partition coefficient (Wildman–Crippen LogP) is 16.7. The topological polar surface area (TPSA) is 16.4 Å². The van der Waals surface area contributed by atoms with Crippen molar-refractivity contribution in [2.24, 2.45) is 0 Å². The van der Waals surface area contributed by atoms with Gasteiger partial charge in [0, 0.05) is 33.3 Å². The lowest BCUT2D eigenvalue weighted by Gasteiger charge is -2.28. The average molecular weight is 764 g/mol. The SMILES string of the molecule is c1ccc(N(c2ccc(-c3ccc4ccccc4c3)cc2)c2ccc(-c3cc4ccccc4c4ccccc34)cc2)c(-c2cccc3c2oc2cc4ccccc4cc23)c1. The summed E-state index contributed by atoms with van der Waals surface area (Å²) in [7, 11) is 0. The van der Waals surface area contributed by atoms with Gasteiger partial charge in [-0.2, -0.15) is 0 Å². The van der Waals surface area contributed by atoms with Crippen LogP contribution < -0.4 is 4.90 Å². The number of hydrogen-bond acceptors (Lipinski definition) is 2. The summed E-state index contributed by atoms with van der Waals surface area (Å²) < 4.78 is 6.80. The van der Waals surface area contributed by atoms with E-state index in [0.717, 1.165) is 50.1 Å². The lowest BCUT2D eigenvalue weighted by Crippen LogP contribution is -2.11. The van der Waals surface area contributed by atoms with Gasteiger partial charge < -0.3 is 9.32 Å². The van der Waals surface area contributed by atoms with E-state index in [1.165, 1.54) is 65.3 Å². The first-order valence-electron chi connectivity index (χ1n) is 20.6. The van der Waals surface area contributed by atoms with Gasteiger partial charge in [-0.3, -0.25) is 0 Å². The number of furan rings is 1. The number of anilines is 3. The van der Waals surface area contributed by atoms with Gasteiger partial charge in [0.1, 0.15) is 11.2 Å². The molecule has 12 aromatic rings. The summed E-state index contributed by atoms with van der Waals surface area (Å²) in [6, 6.07) is 81.3. The van der Waals surface area contributed by atoms with Gasteiger partial charge in [-0.05, 0) is 120 Å². The molecule has 2 nitrogen and oxygen atoms in total. The van der Waals surface area contributed by atoms with Crippen molar-refractivity contribution in [2.75, 3.05) is 4.90 Å². The molecule has 12 rings (SSSR count). The van der Waals surface area contributed by atoms with Crippen molar-refractivity contribution in [1.82, 2.24) is 0 Å². The second-order valence-corrected chi connectivity index (χ2v) is 15.7. The lowest BCUT2D eigenvalue weighted by molar-refractivity contribution is 0.670. The maximum Gasteiger partial charge on any atom is 0.143 e. The number of benzene rings is 11. The number of hydrogen-bond donors (Lipinski definition) is 0. The van der Waals surface area contributed by atoms with Crippen LogP contribution in [0.3, 0.4) is 0 Å². The van der Waals surface area contributed by atoms with Gasteiger partial charge in [-0.1, -0.05) is 170 Å². The molecule has 280 valence electrons. The highest BCUT2D eigenvalue weighted by atomic mass is 16.3. The number of para-hydroxylation sites is 2. The van der Waals surface area contributed by atoms with E-state index < -0.39 is 0 Å². The van der Waals surface area contributed by atoms with Crippen molar-refractivity contribution in [3.8, 4) is 33.4 Å². The molecule has 1 heterocycles. The van der Waals surface area contributed by atoms with Crippen molar-refractivity contribution in [2.45, 2.75) is 0 Å². The monoisotopic (exact) mass is 763 g/mol. The zero-order valence-corrected chi connectivity index (χ0v) is 32.7. The van der Waals surface area contributed by atoms with Crippen molar-refractivity contribution in [3.63, 3.8) is 0 Å². The summed E-state index contributed by atoms with van der Waals surface area (Å²) in [4.78, 5) is 2.39. The van der Waals surface area contributed by atoms with Crippen LogP contribution in [0.1, 0.15) is 0 Å². The Labute approximate surface area is 347 Å². The summed E-state index contributed by atoms with van der Waals surface area (Å²) in [5.41, 5.74) is 11.9. The Morgan fingerprint density at radius 2 is 0.833 bits per heavy atom. The number of fused-ring (bicyclic) bond motifs is 8. The first-order valence-corrected chi connectivity index (χ1v) is 20.6. The fraction of sp³-hybridized carbons (Fsp3) is 0. The molecule has 0 fully saturated rings. The van der Waals surface area contributed by atoms with E-state index in [-0.39, 0.29) is 0 Å². The van der Waals surface area contributed by atoms with Gasteiger partial charge in [0.05, 0.1) is 5.69 Å². The van der Waals surface area contributed by atoms with Crippen LogP contribution in [0.25, 0.3) is 98.4 Å². The molecule has 0 radical (unpaired) electrons. The standard InChI is InChI=1S/C58H37NO/c1-2-13-41-34-44(25-24-38(41)12-1)39-26-30-46(31-27-39)59(47-32-28-40(29-33-47)54-36-45-16-5-6-17-48(45)49-18-7-8-19-50(49)54)56-23-10-9-20-51(56)52-21-11-22-53-55-35-42-14-3-4-15-43(42)37-57(55)60-58(52)53/h1-37H. The molecule has 60 heavy (non-hydrogen) atoms. The van der Waals surface area contributed by atoms with Gasteiger partial charge in [0.15, 0.2) is 0 Å². The third-order valence-electron chi connectivity index (χ3n) is 12.2. The summed E-state index contributed by atoms with van der Waals surface area (Å²) in [5, 5.41) is 12.1. The molecule has 0 aliphatic rings. The Balaban J connectivity index is 1.02. The van der Waals surface area contributed by atoms with Crippen molar-refractivity contribution >= 4 is 82.1 Å². The van der Waals surface area contributed by atoms with E-state index in [0.29, 0.717) is 0 Å². The second kappa shape index (κ2) is 13.9. The maximum absolute atomic E-state index is 6.80. The van der Waals surface area contributed by atoms with Gasteiger partial charge in [-0.15, -0.1) is 0 Å². The summed E-state index contributed by atoms with van der Waals surface area (Å²) in [6.07, 6.45) is 0. The van der Waals surface area contributed by atoms with Gasteiger partial charge >= 0.3 is 0 Å². The van der Waals surface area contributed by atoms with Crippen LogP contribution in [0.15, 0.2) is 229 Å². The van der Waals surface area contributed by atoms with Crippen molar-refractivity contribution < 1.29 is 4.42 Å². The van der Waals surface area contributed by atoms with Crippen LogP contribution in [0.4, 0.5) is 17.1 Å². The summed E-state index contributed by atoms with van der Waals surface area (Å²) >= 11 is 0. The molecule has 0 bridgehead atoms. The fourth-order valence-corrected chi connectivity index (χ4v) is 9.27. The molecule has 0 saturated carbocycles. The molecule has 0 atom stereocenters. The van der Waals surface area contributed by atoms with E-state index in [2.05, 4.69) is 229 Å². The molecular weight excluding hydrogens is 727 g/mol. The molecule has 0 amide bonds. The first kappa shape index (κ1) is 34.1. The van der Waals surface area contributed by atoms with Crippen LogP contribution in [-0.2, 0) is 0 Å². The molecule has 0 saturated heterocycles. The number of nitrogens with zero attached hydrogens (tertiary/aromatic N) is 1. The summed E-state index contributed by atoms with van der Waals surface area (Å²) in [6.45, 7) is 0. The van der Waals surface area contributed by atoms with Gasteiger partial charge in [-0.25, -0.2) is 0 Å². The minimum Gasteiger partial charge on any atom is -0.455 e. The molecule has 0 unspecified atom stereocenters. The van der Waals surface area contributed by atoms with Crippen LogP contribution in [0, 0.1) is 0 Å². The molecule has 11 aromatic carbocycles. The Morgan fingerprint density at radius 1 is 0.283 bits per heavy atom. The fourth-order valence-electron chi connectivity index (χ4n) is 9.27. The molecule has 1 aromatic heterocycles. The highest BCUT2D eigenvalue weighted by Crippen LogP contribution is 2.46. The van der Waals surface area contributed by atoms with E-state index in [9.17, 15) is 0 Å². The molecule has 0 N–H and O–H groups in total. The highest BCUT2D eigenvalue weighted by Gasteiger charge is 2.21. The Kier molecular flexibility index (Phi) is 7.89. The van der Waals surface area contributed by atoms with Gasteiger partial charge in [0.25, 0.3) is 0 Å². The first-order chi connectivity index (χ1) is 29.7. The van der Waals surface area contributed by atoms with Crippen LogP contribution >= 0.6 is 0 Å². The summed E-state index contributed by atoms with van der Waals surface area (Å²) in [5.74, 6) is 0. The van der Waals surface area contributed by atoms with E-state index in [4.69, 9.17) is 4.42 Å². The highest BCUT2D eigenvalue weighted by molar-refractivity contribution is 6.15. The average Bonchev–Trinajstić information content (AvgIpc) is 3.68. The number of rotatable bonds is 6.